The fourth-order valence-corrected chi connectivity index (χ4v) is 4.98. The van der Waals surface area contributed by atoms with Crippen LogP contribution in [0.25, 0.3) is 0 Å². The van der Waals surface area contributed by atoms with Crippen LogP contribution in [0.15, 0.2) is 24.3 Å². The van der Waals surface area contributed by atoms with E-state index in [0.29, 0.717) is 11.9 Å². The van der Waals surface area contributed by atoms with Crippen molar-refractivity contribution < 1.29 is 9.53 Å². The number of rotatable bonds is 4. The minimum atomic E-state index is -0.189. The average Bonchev–Trinajstić information content (AvgIpc) is 2.50. The van der Waals surface area contributed by atoms with Crippen molar-refractivity contribution in [3.8, 4) is 5.75 Å². The SMILES string of the molecule is CCCOc1ccc(C2N3CC4(C)CN2CC(C)(C3)C4=O)cc1. The monoisotopic (exact) mass is 314 g/mol. The molecule has 4 aliphatic rings. The molecule has 4 saturated heterocycles. The van der Waals surface area contributed by atoms with Crippen molar-refractivity contribution in [3.63, 3.8) is 0 Å². The molecular formula is C19H26N2O2. The van der Waals surface area contributed by atoms with E-state index in [2.05, 4.69) is 54.8 Å². The number of hydrogen-bond acceptors (Lipinski definition) is 4. The zero-order valence-corrected chi connectivity index (χ0v) is 14.3. The molecule has 4 bridgehead atoms. The number of benzene rings is 1. The van der Waals surface area contributed by atoms with Gasteiger partial charge in [-0.25, -0.2) is 0 Å². The summed E-state index contributed by atoms with van der Waals surface area (Å²) in [6, 6.07) is 8.52. The summed E-state index contributed by atoms with van der Waals surface area (Å²) in [5.41, 5.74) is 0.935. The van der Waals surface area contributed by atoms with Crippen LogP contribution in [-0.4, -0.2) is 48.4 Å². The Balaban J connectivity index is 1.59. The Morgan fingerprint density at radius 1 is 1.04 bits per heavy atom. The summed E-state index contributed by atoms with van der Waals surface area (Å²) in [5.74, 6) is 1.41. The first kappa shape index (κ1) is 15.2. The Morgan fingerprint density at radius 2 is 1.57 bits per heavy atom. The third kappa shape index (κ3) is 2.23. The Bertz CT molecular complexity index is 585. The summed E-state index contributed by atoms with van der Waals surface area (Å²) in [5, 5.41) is 0. The van der Waals surface area contributed by atoms with Gasteiger partial charge in [0, 0.05) is 26.2 Å². The van der Waals surface area contributed by atoms with E-state index in [1.54, 1.807) is 0 Å². The van der Waals surface area contributed by atoms with Crippen molar-refractivity contribution >= 4 is 5.78 Å². The standard InChI is InChI=1S/C19H26N2O2/c1-4-9-23-15-7-5-14(6-8-15)16-20-10-18(2)11-21(16)13-19(3,12-20)17(18)22/h5-8,16H,4,9-13H2,1-3H3. The predicted octanol–water partition coefficient (Wildman–Crippen LogP) is 2.70. The van der Waals surface area contributed by atoms with Crippen LogP contribution in [0.5, 0.6) is 5.75 Å². The molecule has 0 saturated carbocycles. The van der Waals surface area contributed by atoms with Gasteiger partial charge in [-0.05, 0) is 24.1 Å². The van der Waals surface area contributed by atoms with E-state index >= 15 is 0 Å². The molecule has 0 spiro atoms. The van der Waals surface area contributed by atoms with Crippen molar-refractivity contribution in [2.24, 2.45) is 10.8 Å². The highest BCUT2D eigenvalue weighted by Crippen LogP contribution is 2.51. The van der Waals surface area contributed by atoms with E-state index < -0.39 is 0 Å². The molecule has 124 valence electrons. The summed E-state index contributed by atoms with van der Waals surface area (Å²) in [6.45, 7) is 10.7. The normalized spacial score (nSPS) is 41.3. The van der Waals surface area contributed by atoms with Gasteiger partial charge in [-0.1, -0.05) is 32.9 Å². The van der Waals surface area contributed by atoms with E-state index in [-0.39, 0.29) is 10.8 Å². The van der Waals surface area contributed by atoms with Crippen LogP contribution >= 0.6 is 0 Å². The number of ketones is 1. The summed E-state index contributed by atoms with van der Waals surface area (Å²) in [4.78, 5) is 17.7. The van der Waals surface area contributed by atoms with Gasteiger partial charge in [0.25, 0.3) is 0 Å². The van der Waals surface area contributed by atoms with Crippen molar-refractivity contribution in [2.45, 2.75) is 33.4 Å². The van der Waals surface area contributed by atoms with Crippen molar-refractivity contribution in [1.82, 2.24) is 9.80 Å². The highest BCUT2D eigenvalue weighted by atomic mass is 16.5. The molecule has 0 radical (unpaired) electrons. The molecule has 0 N–H and O–H groups in total. The minimum absolute atomic E-state index is 0.189. The summed E-state index contributed by atoms with van der Waals surface area (Å²) in [7, 11) is 0. The molecule has 0 aliphatic carbocycles. The molecule has 1 aromatic rings. The fraction of sp³-hybridized carbons (Fsp3) is 0.632. The zero-order chi connectivity index (χ0) is 16.2. The smallest absolute Gasteiger partial charge is 0.149 e. The van der Waals surface area contributed by atoms with Crippen LogP contribution in [0, 0.1) is 10.8 Å². The topological polar surface area (TPSA) is 32.8 Å². The molecule has 0 unspecified atom stereocenters. The number of piperidine rings is 2. The van der Waals surface area contributed by atoms with Crippen LogP contribution in [0.4, 0.5) is 0 Å². The first-order valence-corrected chi connectivity index (χ1v) is 8.71. The average molecular weight is 314 g/mol. The van der Waals surface area contributed by atoms with E-state index in [0.717, 1.165) is 45.0 Å². The lowest BCUT2D eigenvalue weighted by Gasteiger charge is -2.64. The lowest BCUT2D eigenvalue weighted by Crippen LogP contribution is -2.75. The van der Waals surface area contributed by atoms with Gasteiger partial charge in [-0.15, -0.1) is 0 Å². The Morgan fingerprint density at radius 3 is 2.04 bits per heavy atom. The molecule has 4 fully saturated rings. The minimum Gasteiger partial charge on any atom is -0.494 e. The first-order valence-electron chi connectivity index (χ1n) is 8.71. The highest BCUT2D eigenvalue weighted by molar-refractivity contribution is 5.92. The van der Waals surface area contributed by atoms with Crippen LogP contribution < -0.4 is 4.74 Å². The zero-order valence-electron chi connectivity index (χ0n) is 14.3. The van der Waals surface area contributed by atoms with Gasteiger partial charge in [-0.2, -0.15) is 0 Å². The predicted molar refractivity (Wildman–Crippen MR) is 89.3 cm³/mol. The summed E-state index contributed by atoms with van der Waals surface area (Å²) < 4.78 is 5.69. The van der Waals surface area contributed by atoms with Crippen LogP contribution in [0.3, 0.4) is 0 Å². The van der Waals surface area contributed by atoms with Crippen LogP contribution in [-0.2, 0) is 4.79 Å². The van der Waals surface area contributed by atoms with Gasteiger partial charge >= 0.3 is 0 Å². The number of nitrogens with zero attached hydrogens (tertiary/aromatic N) is 2. The van der Waals surface area contributed by atoms with Crippen molar-refractivity contribution in [1.29, 1.82) is 0 Å². The number of Topliss-reactive ketones (excluding diaryl/α,β-unsaturated/α-hetero) is 1. The number of hydrogen-bond donors (Lipinski definition) is 0. The quantitative estimate of drug-likeness (QED) is 0.855. The molecule has 0 aromatic heterocycles. The highest BCUT2D eigenvalue weighted by Gasteiger charge is 2.61. The van der Waals surface area contributed by atoms with E-state index in [4.69, 9.17) is 4.74 Å². The second kappa shape index (κ2) is 5.05. The second-order valence-electron chi connectivity index (χ2n) is 8.05. The molecular weight excluding hydrogens is 288 g/mol. The molecule has 1 aromatic carbocycles. The summed E-state index contributed by atoms with van der Waals surface area (Å²) in [6.07, 6.45) is 1.33. The molecule has 5 rings (SSSR count). The lowest BCUT2D eigenvalue weighted by atomic mass is 9.62. The van der Waals surface area contributed by atoms with Gasteiger partial charge in [0.2, 0.25) is 0 Å². The van der Waals surface area contributed by atoms with Gasteiger partial charge in [-0.3, -0.25) is 14.6 Å². The number of ether oxygens (including phenoxy) is 1. The van der Waals surface area contributed by atoms with Crippen molar-refractivity contribution in [2.75, 3.05) is 32.8 Å². The molecule has 4 aliphatic heterocycles. The molecule has 4 heteroatoms. The van der Waals surface area contributed by atoms with Crippen LogP contribution in [0.2, 0.25) is 0 Å². The molecule has 0 atom stereocenters. The van der Waals surface area contributed by atoms with E-state index in [1.807, 2.05) is 0 Å². The molecule has 23 heavy (non-hydrogen) atoms. The van der Waals surface area contributed by atoms with E-state index in [9.17, 15) is 4.79 Å². The van der Waals surface area contributed by atoms with Gasteiger partial charge in [0.1, 0.15) is 11.5 Å². The van der Waals surface area contributed by atoms with Crippen LogP contribution in [0.1, 0.15) is 38.9 Å². The lowest BCUT2D eigenvalue weighted by molar-refractivity contribution is -0.197. The Labute approximate surface area is 138 Å². The van der Waals surface area contributed by atoms with Gasteiger partial charge < -0.3 is 4.74 Å². The Kier molecular flexibility index (Phi) is 3.33. The second-order valence-corrected chi connectivity index (χ2v) is 8.05. The molecule has 0 amide bonds. The Hall–Kier alpha value is -1.39. The number of carbonyl (C=O) groups is 1. The maximum Gasteiger partial charge on any atom is 0.149 e. The largest absolute Gasteiger partial charge is 0.494 e. The third-order valence-corrected chi connectivity index (χ3v) is 5.65. The van der Waals surface area contributed by atoms with Gasteiger partial charge in [0.15, 0.2) is 0 Å². The fourth-order valence-electron chi connectivity index (χ4n) is 4.98. The molecule has 4 heterocycles. The van der Waals surface area contributed by atoms with Crippen molar-refractivity contribution in [3.05, 3.63) is 29.8 Å². The first-order chi connectivity index (χ1) is 11.0. The third-order valence-electron chi connectivity index (χ3n) is 5.65. The number of carbonyl (C=O) groups excluding carboxylic acids is 1. The van der Waals surface area contributed by atoms with E-state index in [1.165, 1.54) is 5.56 Å². The van der Waals surface area contributed by atoms with Gasteiger partial charge in [0.05, 0.1) is 23.6 Å². The maximum atomic E-state index is 12.7. The maximum absolute atomic E-state index is 12.7. The molecule has 4 nitrogen and oxygen atoms in total. The summed E-state index contributed by atoms with van der Waals surface area (Å²) >= 11 is 0.